The van der Waals surface area contributed by atoms with Crippen molar-refractivity contribution in [3.8, 4) is 6.07 Å². The van der Waals surface area contributed by atoms with Crippen LogP contribution in [0.25, 0.3) is 0 Å². The van der Waals surface area contributed by atoms with Crippen molar-refractivity contribution in [3.63, 3.8) is 0 Å². The maximum Gasteiger partial charge on any atom is 0.305 e. The third-order valence-corrected chi connectivity index (χ3v) is 1.22. The van der Waals surface area contributed by atoms with Crippen molar-refractivity contribution in [1.82, 2.24) is 0 Å². The lowest BCUT2D eigenvalue weighted by molar-refractivity contribution is -0.143. The first-order chi connectivity index (χ1) is 5.31. The maximum atomic E-state index is 10.7. The number of carbonyl (C=O) groups excluding carboxylic acids is 1. The average molecular weight is 155 g/mol. The number of ether oxygens (including phenoxy) is 1. The van der Waals surface area contributed by atoms with E-state index in [0.717, 1.165) is 12.8 Å². The van der Waals surface area contributed by atoms with Gasteiger partial charge in [-0.3, -0.25) is 4.79 Å². The molecule has 0 atom stereocenters. The van der Waals surface area contributed by atoms with Gasteiger partial charge in [0.2, 0.25) is 0 Å². The van der Waals surface area contributed by atoms with Crippen LogP contribution in [0.4, 0.5) is 0 Å². The van der Waals surface area contributed by atoms with Crippen LogP contribution in [0.5, 0.6) is 0 Å². The zero-order valence-electron chi connectivity index (χ0n) is 6.80. The van der Waals surface area contributed by atoms with Gasteiger partial charge in [0.15, 0.2) is 0 Å². The van der Waals surface area contributed by atoms with E-state index in [1.807, 2.05) is 6.07 Å². The molecule has 0 fully saturated rings. The molecule has 0 bridgehead atoms. The summed E-state index contributed by atoms with van der Waals surface area (Å²) >= 11 is 0. The molecule has 0 saturated carbocycles. The predicted octanol–water partition coefficient (Wildman–Crippen LogP) is 1.63. The molecule has 0 aliphatic rings. The van der Waals surface area contributed by atoms with E-state index in [4.69, 9.17) is 10.00 Å². The first-order valence-corrected chi connectivity index (χ1v) is 3.83. The third-order valence-electron chi connectivity index (χ3n) is 1.22. The summed E-state index contributed by atoms with van der Waals surface area (Å²) in [5.41, 5.74) is 0. The number of hydrogen-bond acceptors (Lipinski definition) is 3. The summed E-state index contributed by atoms with van der Waals surface area (Å²) in [4.78, 5) is 10.7. The van der Waals surface area contributed by atoms with Crippen molar-refractivity contribution in [2.24, 2.45) is 0 Å². The van der Waals surface area contributed by atoms with Crippen LogP contribution < -0.4 is 0 Å². The lowest BCUT2D eigenvalue weighted by atomic mass is 10.2. The van der Waals surface area contributed by atoms with E-state index in [9.17, 15) is 4.79 Å². The highest BCUT2D eigenvalue weighted by Crippen LogP contribution is 1.99. The minimum Gasteiger partial charge on any atom is -0.466 e. The Kier molecular flexibility index (Phi) is 6.40. The Morgan fingerprint density at radius 2 is 2.27 bits per heavy atom. The molecule has 0 aromatic carbocycles. The minimum atomic E-state index is -0.162. The molecule has 62 valence electrons. The number of unbranched alkanes of at least 4 members (excludes halogenated alkanes) is 2. The normalized spacial score (nSPS) is 8.73. The van der Waals surface area contributed by atoms with Crippen LogP contribution >= 0.6 is 0 Å². The second-order valence-electron chi connectivity index (χ2n) is 2.17. The fourth-order valence-corrected chi connectivity index (χ4v) is 0.707. The Labute approximate surface area is 67.0 Å². The van der Waals surface area contributed by atoms with Crippen LogP contribution in [0.15, 0.2) is 0 Å². The Bertz CT molecular complexity index is 149. The van der Waals surface area contributed by atoms with Gasteiger partial charge in [0.25, 0.3) is 0 Å². The summed E-state index contributed by atoms with van der Waals surface area (Å²) in [5, 5.41) is 8.17. The molecular weight excluding hydrogens is 142 g/mol. The van der Waals surface area contributed by atoms with Crippen molar-refractivity contribution >= 4 is 5.97 Å². The minimum absolute atomic E-state index is 0.162. The summed E-state index contributed by atoms with van der Waals surface area (Å²) < 4.78 is 4.70. The number of hydrogen-bond donors (Lipinski definition) is 0. The summed E-state index contributed by atoms with van der Waals surface area (Å²) in [7, 11) is 0. The second-order valence-corrected chi connectivity index (χ2v) is 2.17. The smallest absolute Gasteiger partial charge is 0.305 e. The van der Waals surface area contributed by atoms with Crippen LogP contribution in [-0.2, 0) is 9.53 Å². The molecular formula is C8H13NO2. The van der Waals surface area contributed by atoms with Crippen LogP contribution in [0, 0.1) is 11.3 Å². The van der Waals surface area contributed by atoms with Crippen molar-refractivity contribution in [2.75, 3.05) is 6.61 Å². The van der Waals surface area contributed by atoms with E-state index in [1.54, 1.807) is 6.92 Å². The molecule has 0 radical (unpaired) electrons. The summed E-state index contributed by atoms with van der Waals surface area (Å²) in [6.45, 7) is 2.23. The molecule has 0 rings (SSSR count). The van der Waals surface area contributed by atoms with Gasteiger partial charge in [-0.25, -0.2) is 0 Å². The van der Waals surface area contributed by atoms with E-state index in [1.165, 1.54) is 0 Å². The molecule has 0 amide bonds. The zero-order chi connectivity index (χ0) is 8.53. The molecule has 0 saturated heterocycles. The first kappa shape index (κ1) is 9.96. The number of nitriles is 1. The van der Waals surface area contributed by atoms with Gasteiger partial charge in [0.05, 0.1) is 12.7 Å². The molecule has 3 heteroatoms. The fourth-order valence-electron chi connectivity index (χ4n) is 0.707. The number of nitrogens with zero attached hydrogens (tertiary/aromatic N) is 1. The van der Waals surface area contributed by atoms with Crippen molar-refractivity contribution in [3.05, 3.63) is 0 Å². The van der Waals surface area contributed by atoms with Gasteiger partial charge in [0.1, 0.15) is 0 Å². The summed E-state index contributed by atoms with van der Waals surface area (Å²) in [6.07, 6.45) is 2.51. The number of esters is 1. The van der Waals surface area contributed by atoms with Gasteiger partial charge in [-0.2, -0.15) is 5.26 Å². The van der Waals surface area contributed by atoms with Gasteiger partial charge in [-0.05, 0) is 19.8 Å². The molecule has 0 aliphatic heterocycles. The molecule has 11 heavy (non-hydrogen) atoms. The van der Waals surface area contributed by atoms with Gasteiger partial charge in [0, 0.05) is 12.8 Å². The molecule has 3 nitrogen and oxygen atoms in total. The zero-order valence-corrected chi connectivity index (χ0v) is 6.80. The number of rotatable bonds is 5. The third kappa shape index (κ3) is 6.85. The van der Waals surface area contributed by atoms with E-state index in [-0.39, 0.29) is 5.97 Å². The van der Waals surface area contributed by atoms with Crippen LogP contribution in [-0.4, -0.2) is 12.6 Å². The maximum absolute atomic E-state index is 10.7. The highest BCUT2D eigenvalue weighted by molar-refractivity contribution is 5.69. The Morgan fingerprint density at radius 1 is 1.55 bits per heavy atom. The molecule has 0 aliphatic carbocycles. The molecule has 0 aromatic rings. The topological polar surface area (TPSA) is 50.1 Å². The van der Waals surface area contributed by atoms with Crippen molar-refractivity contribution < 1.29 is 9.53 Å². The average Bonchev–Trinajstić information content (AvgIpc) is 1.99. The lowest BCUT2D eigenvalue weighted by Gasteiger charge is -1.98. The lowest BCUT2D eigenvalue weighted by Crippen LogP contribution is -2.02. The van der Waals surface area contributed by atoms with Crippen molar-refractivity contribution in [2.45, 2.75) is 32.6 Å². The first-order valence-electron chi connectivity index (χ1n) is 3.83. The molecule has 0 heterocycles. The summed E-state index contributed by atoms with van der Waals surface area (Å²) in [6, 6.07) is 2.02. The standard InChI is InChI=1S/C8H13NO2/c1-2-11-8(10)6-4-3-5-7-9/h2-6H2,1H3. The largest absolute Gasteiger partial charge is 0.466 e. The summed E-state index contributed by atoms with van der Waals surface area (Å²) in [5.74, 6) is -0.162. The fraction of sp³-hybridized carbons (Fsp3) is 0.750. The van der Waals surface area contributed by atoms with E-state index in [2.05, 4.69) is 0 Å². The Morgan fingerprint density at radius 3 is 2.82 bits per heavy atom. The molecule has 0 aromatic heterocycles. The van der Waals surface area contributed by atoms with Crippen LogP contribution in [0.1, 0.15) is 32.6 Å². The van der Waals surface area contributed by atoms with Gasteiger partial charge in [-0.1, -0.05) is 0 Å². The molecule has 0 spiro atoms. The SMILES string of the molecule is CCOC(=O)CCCCC#N. The van der Waals surface area contributed by atoms with Gasteiger partial charge in [-0.15, -0.1) is 0 Å². The number of carbonyl (C=O) groups is 1. The quantitative estimate of drug-likeness (QED) is 0.448. The van der Waals surface area contributed by atoms with E-state index in [0.29, 0.717) is 19.4 Å². The second kappa shape index (κ2) is 7.07. The Hall–Kier alpha value is -1.04. The predicted molar refractivity (Wildman–Crippen MR) is 40.7 cm³/mol. The van der Waals surface area contributed by atoms with Crippen LogP contribution in [0.3, 0.4) is 0 Å². The molecule has 0 unspecified atom stereocenters. The van der Waals surface area contributed by atoms with Crippen LogP contribution in [0.2, 0.25) is 0 Å². The Balaban J connectivity index is 3.12. The van der Waals surface area contributed by atoms with Crippen molar-refractivity contribution in [1.29, 1.82) is 5.26 Å². The highest BCUT2D eigenvalue weighted by Gasteiger charge is 1.99. The van der Waals surface area contributed by atoms with Gasteiger partial charge < -0.3 is 4.74 Å². The van der Waals surface area contributed by atoms with E-state index >= 15 is 0 Å². The van der Waals surface area contributed by atoms with E-state index < -0.39 is 0 Å². The van der Waals surface area contributed by atoms with Gasteiger partial charge >= 0.3 is 5.97 Å². The highest BCUT2D eigenvalue weighted by atomic mass is 16.5. The monoisotopic (exact) mass is 155 g/mol. The molecule has 0 N–H and O–H groups in total.